The summed E-state index contributed by atoms with van der Waals surface area (Å²) >= 11 is 0. The van der Waals surface area contributed by atoms with Gasteiger partial charge >= 0.3 is 0 Å². The first-order valence-electron chi connectivity index (χ1n) is 5.72. The van der Waals surface area contributed by atoms with Crippen LogP contribution in [0.2, 0.25) is 0 Å². The quantitative estimate of drug-likeness (QED) is 0.716. The van der Waals surface area contributed by atoms with Crippen molar-refractivity contribution in [3.8, 4) is 0 Å². The fourth-order valence-electron chi connectivity index (χ4n) is 2.21. The molecule has 3 heteroatoms. The second kappa shape index (κ2) is 5.10. The largest absolute Gasteiger partial charge is 0.318 e. The predicted octanol–water partition coefficient (Wildman–Crippen LogP) is 0.622. The zero-order valence-electron chi connectivity index (χ0n) is 10.1. The zero-order valence-corrected chi connectivity index (χ0v) is 10.1. The van der Waals surface area contributed by atoms with E-state index in [1.54, 1.807) is 0 Å². The molecular weight excluding hydrogens is 174 g/mol. The van der Waals surface area contributed by atoms with E-state index in [-0.39, 0.29) is 0 Å². The first kappa shape index (κ1) is 12.0. The van der Waals surface area contributed by atoms with Crippen LogP contribution in [0.15, 0.2) is 0 Å². The van der Waals surface area contributed by atoms with Crippen LogP contribution >= 0.6 is 0 Å². The van der Waals surface area contributed by atoms with E-state index in [0.717, 1.165) is 6.54 Å². The lowest BCUT2D eigenvalue weighted by molar-refractivity contribution is 0.0553. The molecule has 3 nitrogen and oxygen atoms in total. The van der Waals surface area contributed by atoms with Crippen molar-refractivity contribution in [3.05, 3.63) is 0 Å². The molecule has 0 spiro atoms. The molecule has 0 unspecified atom stereocenters. The molecule has 1 saturated heterocycles. The Balaban J connectivity index is 2.40. The lowest BCUT2D eigenvalue weighted by Gasteiger charge is -2.43. The summed E-state index contributed by atoms with van der Waals surface area (Å²) in [6.07, 6.45) is 0. The molecule has 0 atom stereocenters. The summed E-state index contributed by atoms with van der Waals surface area (Å²) in [5.74, 6) is 0. The number of likely N-dealkylation sites (N-methyl/N-ethyl adjacent to an activating group) is 2. The van der Waals surface area contributed by atoms with Crippen LogP contribution in [0.5, 0.6) is 0 Å². The van der Waals surface area contributed by atoms with Gasteiger partial charge in [-0.15, -0.1) is 0 Å². The normalized spacial score (nSPS) is 21.4. The standard InChI is InChI=1S/C11H25N3/c1-5-13-6-8-14(9-7-13)11(2,3)10-12-4/h12H,5-10H2,1-4H3. The average Bonchev–Trinajstić information content (AvgIpc) is 2.18. The lowest BCUT2D eigenvalue weighted by atomic mass is 10.0. The van der Waals surface area contributed by atoms with Crippen LogP contribution in [0.25, 0.3) is 0 Å². The molecular formula is C11H25N3. The Bertz CT molecular complexity index is 160. The number of piperazine rings is 1. The molecule has 0 amide bonds. The highest BCUT2D eigenvalue weighted by molar-refractivity contribution is 4.86. The van der Waals surface area contributed by atoms with E-state index in [4.69, 9.17) is 0 Å². The van der Waals surface area contributed by atoms with E-state index in [9.17, 15) is 0 Å². The van der Waals surface area contributed by atoms with Crippen LogP contribution < -0.4 is 5.32 Å². The smallest absolute Gasteiger partial charge is 0.0278 e. The Morgan fingerprint density at radius 3 is 2.14 bits per heavy atom. The summed E-state index contributed by atoms with van der Waals surface area (Å²) in [6, 6.07) is 0. The SMILES string of the molecule is CCN1CCN(C(C)(C)CNC)CC1. The first-order chi connectivity index (χ1) is 6.60. The molecule has 1 aliphatic rings. The van der Waals surface area contributed by atoms with E-state index in [0.29, 0.717) is 5.54 Å². The molecule has 14 heavy (non-hydrogen) atoms. The molecule has 0 aliphatic carbocycles. The van der Waals surface area contributed by atoms with Crippen molar-refractivity contribution in [1.29, 1.82) is 0 Å². The molecule has 0 aromatic carbocycles. The summed E-state index contributed by atoms with van der Waals surface area (Å²) in [5.41, 5.74) is 0.300. The molecule has 0 saturated carbocycles. The number of rotatable bonds is 4. The highest BCUT2D eigenvalue weighted by atomic mass is 15.3. The van der Waals surface area contributed by atoms with Crippen molar-refractivity contribution in [3.63, 3.8) is 0 Å². The fraction of sp³-hybridized carbons (Fsp3) is 1.00. The molecule has 1 fully saturated rings. The molecule has 0 aromatic rings. The van der Waals surface area contributed by atoms with Crippen LogP contribution in [-0.4, -0.2) is 61.7 Å². The summed E-state index contributed by atoms with van der Waals surface area (Å²) in [6.45, 7) is 14.0. The van der Waals surface area contributed by atoms with Gasteiger partial charge in [0, 0.05) is 38.3 Å². The van der Waals surface area contributed by atoms with Gasteiger partial charge in [-0.05, 0) is 27.4 Å². The maximum absolute atomic E-state index is 3.28. The van der Waals surface area contributed by atoms with Crippen molar-refractivity contribution in [2.24, 2.45) is 0 Å². The third-order valence-corrected chi connectivity index (χ3v) is 3.28. The van der Waals surface area contributed by atoms with E-state index in [2.05, 4.69) is 35.9 Å². The monoisotopic (exact) mass is 199 g/mol. The Labute approximate surface area is 88.5 Å². The fourth-order valence-corrected chi connectivity index (χ4v) is 2.21. The van der Waals surface area contributed by atoms with E-state index in [1.807, 2.05) is 7.05 Å². The van der Waals surface area contributed by atoms with Crippen LogP contribution in [0, 0.1) is 0 Å². The maximum atomic E-state index is 3.28. The van der Waals surface area contributed by atoms with Gasteiger partial charge in [0.25, 0.3) is 0 Å². The predicted molar refractivity (Wildman–Crippen MR) is 61.7 cm³/mol. The Morgan fingerprint density at radius 2 is 1.71 bits per heavy atom. The Hall–Kier alpha value is -0.120. The van der Waals surface area contributed by atoms with Gasteiger partial charge in [0.1, 0.15) is 0 Å². The summed E-state index contributed by atoms with van der Waals surface area (Å²) in [5, 5.41) is 3.28. The second-order valence-electron chi connectivity index (χ2n) is 4.76. The van der Waals surface area contributed by atoms with Gasteiger partial charge in [-0.1, -0.05) is 6.92 Å². The van der Waals surface area contributed by atoms with Crippen molar-refractivity contribution < 1.29 is 0 Å². The van der Waals surface area contributed by atoms with Crippen molar-refractivity contribution in [1.82, 2.24) is 15.1 Å². The van der Waals surface area contributed by atoms with Crippen LogP contribution in [0.4, 0.5) is 0 Å². The third-order valence-electron chi connectivity index (χ3n) is 3.28. The number of nitrogens with zero attached hydrogens (tertiary/aromatic N) is 2. The van der Waals surface area contributed by atoms with Gasteiger partial charge in [0.15, 0.2) is 0 Å². The number of hydrogen-bond acceptors (Lipinski definition) is 3. The minimum Gasteiger partial charge on any atom is -0.318 e. The van der Waals surface area contributed by atoms with Gasteiger partial charge in [-0.3, -0.25) is 4.90 Å². The van der Waals surface area contributed by atoms with Crippen LogP contribution in [0.1, 0.15) is 20.8 Å². The first-order valence-corrected chi connectivity index (χ1v) is 5.72. The van der Waals surface area contributed by atoms with E-state index < -0.39 is 0 Å². The van der Waals surface area contributed by atoms with Crippen LogP contribution in [0.3, 0.4) is 0 Å². The molecule has 0 radical (unpaired) electrons. The van der Waals surface area contributed by atoms with Crippen molar-refractivity contribution in [2.75, 3.05) is 46.3 Å². The topological polar surface area (TPSA) is 18.5 Å². The summed E-state index contributed by atoms with van der Waals surface area (Å²) < 4.78 is 0. The molecule has 1 rings (SSSR count). The third kappa shape index (κ3) is 2.94. The molecule has 0 aromatic heterocycles. The van der Waals surface area contributed by atoms with E-state index >= 15 is 0 Å². The molecule has 1 N–H and O–H groups in total. The van der Waals surface area contributed by atoms with Gasteiger partial charge < -0.3 is 10.2 Å². The minimum absolute atomic E-state index is 0.300. The molecule has 0 bridgehead atoms. The number of nitrogens with one attached hydrogen (secondary N) is 1. The zero-order chi connectivity index (χ0) is 10.6. The van der Waals surface area contributed by atoms with Crippen molar-refractivity contribution >= 4 is 0 Å². The number of hydrogen-bond donors (Lipinski definition) is 1. The summed E-state index contributed by atoms with van der Waals surface area (Å²) in [4.78, 5) is 5.11. The van der Waals surface area contributed by atoms with E-state index in [1.165, 1.54) is 32.7 Å². The van der Waals surface area contributed by atoms with Gasteiger partial charge in [0.05, 0.1) is 0 Å². The lowest BCUT2D eigenvalue weighted by Crippen LogP contribution is -2.57. The summed E-state index contributed by atoms with van der Waals surface area (Å²) in [7, 11) is 2.03. The van der Waals surface area contributed by atoms with Gasteiger partial charge in [-0.25, -0.2) is 0 Å². The van der Waals surface area contributed by atoms with Crippen molar-refractivity contribution in [2.45, 2.75) is 26.3 Å². The minimum atomic E-state index is 0.300. The maximum Gasteiger partial charge on any atom is 0.0278 e. The molecule has 1 heterocycles. The highest BCUT2D eigenvalue weighted by Crippen LogP contribution is 2.15. The average molecular weight is 199 g/mol. The highest BCUT2D eigenvalue weighted by Gasteiger charge is 2.28. The Kier molecular flexibility index (Phi) is 4.35. The van der Waals surface area contributed by atoms with Crippen LogP contribution in [-0.2, 0) is 0 Å². The van der Waals surface area contributed by atoms with Gasteiger partial charge in [0.2, 0.25) is 0 Å². The Morgan fingerprint density at radius 1 is 1.14 bits per heavy atom. The molecule has 1 aliphatic heterocycles. The van der Waals surface area contributed by atoms with Gasteiger partial charge in [-0.2, -0.15) is 0 Å². The molecule has 84 valence electrons. The second-order valence-corrected chi connectivity index (χ2v) is 4.76.